The molecule has 1 heterocycles. The highest BCUT2D eigenvalue weighted by Crippen LogP contribution is 2.36. The van der Waals surface area contributed by atoms with Crippen molar-refractivity contribution in [3.05, 3.63) is 30.1 Å². The molecule has 0 bridgehead atoms. The maximum Gasteiger partial charge on any atom is 0.227 e. The number of hydrogen-bond acceptors (Lipinski definition) is 3. The van der Waals surface area contributed by atoms with Gasteiger partial charge in [0.25, 0.3) is 0 Å². The molecule has 18 heavy (non-hydrogen) atoms. The number of amides is 1. The van der Waals surface area contributed by atoms with Gasteiger partial charge in [0, 0.05) is 30.9 Å². The molecule has 0 spiro atoms. The number of nitrogens with one attached hydrogen (secondary N) is 1. The summed E-state index contributed by atoms with van der Waals surface area (Å²) < 4.78 is 0. The molecule has 4 heteroatoms. The van der Waals surface area contributed by atoms with Crippen LogP contribution in [0.4, 0.5) is 0 Å². The van der Waals surface area contributed by atoms with Crippen molar-refractivity contribution in [3.63, 3.8) is 0 Å². The van der Waals surface area contributed by atoms with E-state index in [4.69, 9.17) is 5.73 Å². The van der Waals surface area contributed by atoms with Crippen LogP contribution in [0.25, 0.3) is 0 Å². The van der Waals surface area contributed by atoms with E-state index in [1.165, 1.54) is 0 Å². The van der Waals surface area contributed by atoms with E-state index >= 15 is 0 Å². The maximum atomic E-state index is 12.2. The molecule has 98 valence electrons. The summed E-state index contributed by atoms with van der Waals surface area (Å²) in [6.07, 6.45) is 5.42. The molecule has 4 nitrogen and oxygen atoms in total. The standard InChI is InChI=1S/C14H21N3O/c1-14(8-4-6-12(14)15)13(18)17-10-7-11-5-2-3-9-16-11/h2-3,5,9,12H,4,6-8,10,15H2,1H3,(H,17,18). The monoisotopic (exact) mass is 247 g/mol. The topological polar surface area (TPSA) is 68.0 Å². The van der Waals surface area contributed by atoms with Gasteiger partial charge in [-0.05, 0) is 31.9 Å². The first-order valence-corrected chi connectivity index (χ1v) is 6.57. The zero-order valence-corrected chi connectivity index (χ0v) is 10.9. The van der Waals surface area contributed by atoms with E-state index in [2.05, 4.69) is 10.3 Å². The Bertz CT molecular complexity index is 407. The van der Waals surface area contributed by atoms with Crippen molar-refractivity contribution in [2.45, 2.75) is 38.6 Å². The number of rotatable bonds is 4. The van der Waals surface area contributed by atoms with Gasteiger partial charge in [-0.1, -0.05) is 12.5 Å². The van der Waals surface area contributed by atoms with E-state index in [0.717, 1.165) is 31.4 Å². The van der Waals surface area contributed by atoms with E-state index in [9.17, 15) is 4.79 Å². The lowest BCUT2D eigenvalue weighted by molar-refractivity contribution is -0.130. The van der Waals surface area contributed by atoms with Crippen LogP contribution in [0.15, 0.2) is 24.4 Å². The first kappa shape index (κ1) is 13.0. The first-order valence-electron chi connectivity index (χ1n) is 6.57. The fraction of sp³-hybridized carbons (Fsp3) is 0.571. The maximum absolute atomic E-state index is 12.2. The minimum absolute atomic E-state index is 0.00708. The van der Waals surface area contributed by atoms with Gasteiger partial charge in [0.05, 0.1) is 5.41 Å². The van der Waals surface area contributed by atoms with Gasteiger partial charge >= 0.3 is 0 Å². The minimum Gasteiger partial charge on any atom is -0.355 e. The Kier molecular flexibility index (Phi) is 3.97. The SMILES string of the molecule is CC1(C(=O)NCCc2ccccn2)CCCC1N. The van der Waals surface area contributed by atoms with Crippen LogP contribution in [0.1, 0.15) is 31.9 Å². The molecule has 0 radical (unpaired) electrons. The van der Waals surface area contributed by atoms with Crippen molar-refractivity contribution >= 4 is 5.91 Å². The Morgan fingerprint density at radius 3 is 3.06 bits per heavy atom. The highest BCUT2D eigenvalue weighted by atomic mass is 16.2. The number of aromatic nitrogens is 1. The smallest absolute Gasteiger partial charge is 0.227 e. The molecule has 3 N–H and O–H groups in total. The van der Waals surface area contributed by atoms with Gasteiger partial charge in [0.2, 0.25) is 5.91 Å². The quantitative estimate of drug-likeness (QED) is 0.841. The van der Waals surface area contributed by atoms with Crippen molar-refractivity contribution in [1.82, 2.24) is 10.3 Å². The second-order valence-corrected chi connectivity index (χ2v) is 5.24. The Labute approximate surface area is 108 Å². The summed E-state index contributed by atoms with van der Waals surface area (Å²) >= 11 is 0. The van der Waals surface area contributed by atoms with E-state index in [-0.39, 0.29) is 17.4 Å². The number of nitrogens with two attached hydrogens (primary N) is 1. The molecule has 1 amide bonds. The summed E-state index contributed by atoms with van der Waals surface area (Å²) in [4.78, 5) is 16.4. The van der Waals surface area contributed by atoms with E-state index in [1.54, 1.807) is 6.20 Å². The van der Waals surface area contributed by atoms with Crippen molar-refractivity contribution < 1.29 is 4.79 Å². The lowest BCUT2D eigenvalue weighted by atomic mass is 9.84. The molecule has 1 saturated carbocycles. The molecule has 0 saturated heterocycles. The largest absolute Gasteiger partial charge is 0.355 e. The first-order chi connectivity index (χ1) is 8.63. The molecule has 1 aromatic heterocycles. The molecule has 1 aliphatic rings. The Hall–Kier alpha value is -1.42. The molecule has 2 rings (SSSR count). The van der Waals surface area contributed by atoms with Gasteiger partial charge in [0.15, 0.2) is 0 Å². The summed E-state index contributed by atoms with van der Waals surface area (Å²) in [5, 5.41) is 2.99. The van der Waals surface area contributed by atoms with E-state index in [1.807, 2.05) is 25.1 Å². The van der Waals surface area contributed by atoms with Crippen LogP contribution < -0.4 is 11.1 Å². The third-order valence-electron chi connectivity index (χ3n) is 3.94. The summed E-state index contributed by atoms with van der Waals surface area (Å²) in [7, 11) is 0. The van der Waals surface area contributed by atoms with Crippen molar-refractivity contribution in [3.8, 4) is 0 Å². The summed E-state index contributed by atoms with van der Waals surface area (Å²) in [5.41, 5.74) is 6.64. The molecule has 0 aliphatic heterocycles. The fourth-order valence-corrected chi connectivity index (χ4v) is 2.53. The van der Waals surface area contributed by atoms with E-state index < -0.39 is 0 Å². The van der Waals surface area contributed by atoms with Crippen molar-refractivity contribution in [2.24, 2.45) is 11.1 Å². The second kappa shape index (κ2) is 5.48. The zero-order chi connectivity index (χ0) is 13.0. The van der Waals surface area contributed by atoms with Gasteiger partial charge in [-0.2, -0.15) is 0 Å². The number of hydrogen-bond donors (Lipinski definition) is 2. The lowest BCUT2D eigenvalue weighted by Crippen LogP contribution is -2.47. The molecular formula is C14H21N3O. The van der Waals surface area contributed by atoms with Crippen LogP contribution in [-0.4, -0.2) is 23.5 Å². The van der Waals surface area contributed by atoms with E-state index in [0.29, 0.717) is 6.54 Å². The van der Waals surface area contributed by atoms with Crippen molar-refractivity contribution in [1.29, 1.82) is 0 Å². The highest BCUT2D eigenvalue weighted by Gasteiger charge is 2.42. The number of nitrogens with zero attached hydrogens (tertiary/aromatic N) is 1. The third-order valence-corrected chi connectivity index (χ3v) is 3.94. The molecule has 1 fully saturated rings. The van der Waals surface area contributed by atoms with Crippen LogP contribution in [0.3, 0.4) is 0 Å². The van der Waals surface area contributed by atoms with Crippen molar-refractivity contribution in [2.75, 3.05) is 6.54 Å². The van der Waals surface area contributed by atoms with Gasteiger partial charge in [-0.15, -0.1) is 0 Å². The molecule has 0 aromatic carbocycles. The lowest BCUT2D eigenvalue weighted by Gasteiger charge is -2.27. The minimum atomic E-state index is -0.385. The summed E-state index contributed by atoms with van der Waals surface area (Å²) in [6, 6.07) is 5.81. The third kappa shape index (κ3) is 2.70. The average Bonchev–Trinajstić information content (AvgIpc) is 2.72. The molecule has 1 aromatic rings. The Morgan fingerprint density at radius 2 is 2.44 bits per heavy atom. The predicted octanol–water partition coefficient (Wildman–Crippen LogP) is 1.26. The molecular weight excluding hydrogens is 226 g/mol. The summed E-state index contributed by atoms with van der Waals surface area (Å²) in [5.74, 6) is 0.0865. The normalized spacial score (nSPS) is 27.1. The molecule has 1 aliphatic carbocycles. The Morgan fingerprint density at radius 1 is 1.61 bits per heavy atom. The van der Waals surface area contributed by atoms with Crippen LogP contribution in [0.5, 0.6) is 0 Å². The van der Waals surface area contributed by atoms with Crippen LogP contribution >= 0.6 is 0 Å². The number of carbonyl (C=O) groups is 1. The van der Waals surface area contributed by atoms with Crippen LogP contribution in [0.2, 0.25) is 0 Å². The predicted molar refractivity (Wildman–Crippen MR) is 70.9 cm³/mol. The van der Waals surface area contributed by atoms with Gasteiger partial charge in [0.1, 0.15) is 0 Å². The van der Waals surface area contributed by atoms with Gasteiger partial charge in [-0.25, -0.2) is 0 Å². The number of carbonyl (C=O) groups excluding carboxylic acids is 1. The molecule has 2 atom stereocenters. The fourth-order valence-electron chi connectivity index (χ4n) is 2.53. The Balaban J connectivity index is 1.82. The van der Waals surface area contributed by atoms with Gasteiger partial charge in [-0.3, -0.25) is 9.78 Å². The number of pyridine rings is 1. The van der Waals surface area contributed by atoms with Crippen LogP contribution in [-0.2, 0) is 11.2 Å². The summed E-state index contributed by atoms with van der Waals surface area (Å²) in [6.45, 7) is 2.60. The highest BCUT2D eigenvalue weighted by molar-refractivity contribution is 5.83. The van der Waals surface area contributed by atoms with Crippen LogP contribution in [0, 0.1) is 5.41 Å². The molecule has 2 unspecified atom stereocenters. The average molecular weight is 247 g/mol. The zero-order valence-electron chi connectivity index (χ0n) is 10.9. The second-order valence-electron chi connectivity index (χ2n) is 5.24. The van der Waals surface area contributed by atoms with Gasteiger partial charge < -0.3 is 11.1 Å².